The molecule has 0 rings (SSSR count). The fraction of sp³-hybridized carbons (Fsp3) is 1.00. The van der Waals surface area contributed by atoms with E-state index in [1.807, 2.05) is 0 Å². The summed E-state index contributed by atoms with van der Waals surface area (Å²) in [6.07, 6.45) is 2.41. The number of rotatable bonds is 10. The van der Waals surface area contributed by atoms with Crippen LogP contribution in [0.2, 0.25) is 0 Å². The summed E-state index contributed by atoms with van der Waals surface area (Å²) >= 11 is 0. The zero-order chi connectivity index (χ0) is 14.2. The molecule has 0 amide bonds. The summed E-state index contributed by atoms with van der Waals surface area (Å²) in [4.78, 5) is 10.9. The first-order chi connectivity index (χ1) is 8.39. The third-order valence-electron chi connectivity index (χ3n) is 2.96. The van der Waals surface area contributed by atoms with E-state index in [1.54, 1.807) is 0 Å². The Labute approximate surface area is 115 Å². The van der Waals surface area contributed by atoms with Crippen LogP contribution in [0.25, 0.3) is 0 Å². The van der Waals surface area contributed by atoms with Gasteiger partial charge in [0.15, 0.2) is 0 Å². The molecule has 110 valence electrons. The molecule has 2 atom stereocenters. The predicted octanol–water partition coefficient (Wildman–Crippen LogP) is 2.23. The van der Waals surface area contributed by atoms with Gasteiger partial charge in [0.1, 0.15) is 0 Å². The van der Waals surface area contributed by atoms with Crippen LogP contribution < -0.4 is 14.9 Å². The van der Waals surface area contributed by atoms with Crippen LogP contribution in [0.4, 0.5) is 0 Å². The lowest BCUT2D eigenvalue weighted by Crippen LogP contribution is -2.77. The second-order valence-corrected chi connectivity index (χ2v) is 7.81. The Bertz CT molecular complexity index is 202. The van der Waals surface area contributed by atoms with Gasteiger partial charge in [0.2, 0.25) is 0 Å². The van der Waals surface area contributed by atoms with E-state index in [4.69, 9.17) is 4.43 Å². The molecule has 0 aromatic rings. The number of nitrogens with one attached hydrogen (secondary N) is 3. The molecule has 0 fully saturated rings. The maximum Gasteiger partial charge on any atom is 0.440 e. The molecule has 2 unspecified atom stereocenters. The third kappa shape index (κ3) is 6.85. The summed E-state index contributed by atoms with van der Waals surface area (Å²) in [5, 5.41) is 0. The quantitative estimate of drug-likeness (QED) is 0.535. The minimum absolute atomic E-state index is 0.212. The van der Waals surface area contributed by atoms with E-state index in [-0.39, 0.29) is 6.10 Å². The Kier molecular flexibility index (Phi) is 9.07. The van der Waals surface area contributed by atoms with Gasteiger partial charge in [0.05, 0.1) is 0 Å². The zero-order valence-corrected chi connectivity index (χ0v) is 14.3. The molecule has 0 spiro atoms. The van der Waals surface area contributed by atoms with Crippen LogP contribution in [0, 0.1) is 0 Å². The lowest BCUT2D eigenvalue weighted by molar-refractivity contribution is 0.195. The van der Waals surface area contributed by atoms with Crippen LogP contribution in [0.1, 0.15) is 61.3 Å². The summed E-state index contributed by atoms with van der Waals surface area (Å²) in [6.45, 7) is 16.0. The molecule has 0 aliphatic carbocycles. The van der Waals surface area contributed by atoms with Crippen molar-refractivity contribution in [1.82, 2.24) is 14.9 Å². The SMILES string of the molecule is CCN[Si](NC(C)CC)(NC(C)CC)OC(C)C. The Morgan fingerprint density at radius 2 is 1.33 bits per heavy atom. The first kappa shape index (κ1) is 18.1. The maximum absolute atomic E-state index is 6.23. The normalized spacial score (nSPS) is 18.7. The van der Waals surface area contributed by atoms with Crippen LogP contribution in [0.3, 0.4) is 0 Å². The zero-order valence-electron chi connectivity index (χ0n) is 13.3. The van der Waals surface area contributed by atoms with Gasteiger partial charge in [-0.25, -0.2) is 0 Å². The van der Waals surface area contributed by atoms with Crippen molar-refractivity contribution >= 4 is 8.80 Å². The molecule has 5 heteroatoms. The van der Waals surface area contributed by atoms with Crippen molar-refractivity contribution in [2.24, 2.45) is 0 Å². The van der Waals surface area contributed by atoms with Gasteiger partial charge in [-0.1, -0.05) is 34.6 Å². The van der Waals surface area contributed by atoms with E-state index in [0.717, 1.165) is 19.4 Å². The Morgan fingerprint density at radius 1 is 0.889 bits per heavy atom. The van der Waals surface area contributed by atoms with Crippen LogP contribution in [-0.2, 0) is 4.43 Å². The van der Waals surface area contributed by atoms with Gasteiger partial charge < -0.3 is 4.43 Å². The monoisotopic (exact) mass is 275 g/mol. The lowest BCUT2D eigenvalue weighted by atomic mass is 10.3. The molecule has 0 aliphatic heterocycles. The topological polar surface area (TPSA) is 45.3 Å². The second kappa shape index (κ2) is 9.04. The van der Waals surface area contributed by atoms with Gasteiger partial charge in [0.25, 0.3) is 0 Å². The van der Waals surface area contributed by atoms with Gasteiger partial charge in [-0.05, 0) is 33.2 Å². The summed E-state index contributed by atoms with van der Waals surface area (Å²) in [6, 6.07) is 0.900. The smallest absolute Gasteiger partial charge is 0.378 e. The van der Waals surface area contributed by atoms with Crippen LogP contribution in [0.15, 0.2) is 0 Å². The standard InChI is InChI=1S/C13H33N3OSi/c1-8-12(6)15-18(14-10-3,17-11(4)5)16-13(7)9-2/h11-16H,8-10H2,1-7H3. The maximum atomic E-state index is 6.23. The molecule has 0 aliphatic rings. The molecule has 0 aromatic heterocycles. The van der Waals surface area contributed by atoms with Crippen LogP contribution in [-0.4, -0.2) is 33.5 Å². The van der Waals surface area contributed by atoms with Crippen molar-refractivity contribution in [3.63, 3.8) is 0 Å². The Morgan fingerprint density at radius 3 is 1.61 bits per heavy atom. The van der Waals surface area contributed by atoms with E-state index in [0.29, 0.717) is 12.1 Å². The molecule has 3 N–H and O–H groups in total. The van der Waals surface area contributed by atoms with Gasteiger partial charge >= 0.3 is 8.80 Å². The average Bonchev–Trinajstić information content (AvgIpc) is 2.27. The fourth-order valence-electron chi connectivity index (χ4n) is 1.75. The largest absolute Gasteiger partial charge is 0.440 e. The van der Waals surface area contributed by atoms with Gasteiger partial charge in [0, 0.05) is 18.2 Å². The summed E-state index contributed by atoms with van der Waals surface area (Å²) in [7, 11) is -2.28. The molecule has 0 bridgehead atoms. The van der Waals surface area contributed by atoms with E-state index in [2.05, 4.69) is 63.4 Å². The molecule has 0 saturated carbocycles. The molecular weight excluding hydrogens is 242 g/mol. The lowest BCUT2D eigenvalue weighted by Gasteiger charge is -2.37. The van der Waals surface area contributed by atoms with Crippen molar-refractivity contribution in [2.45, 2.75) is 79.5 Å². The van der Waals surface area contributed by atoms with E-state index in [1.165, 1.54) is 0 Å². The highest BCUT2D eigenvalue weighted by Crippen LogP contribution is 2.05. The number of hydrogen-bond acceptors (Lipinski definition) is 4. The molecule has 0 heterocycles. The minimum atomic E-state index is -2.28. The molecular formula is C13H33N3OSi. The summed E-state index contributed by atoms with van der Waals surface area (Å²) in [5.41, 5.74) is 0. The molecule has 0 saturated heterocycles. The van der Waals surface area contributed by atoms with Crippen molar-refractivity contribution in [2.75, 3.05) is 6.54 Å². The highest BCUT2D eigenvalue weighted by atomic mass is 28.4. The predicted molar refractivity (Wildman–Crippen MR) is 81.4 cm³/mol. The summed E-state index contributed by atoms with van der Waals surface area (Å²) < 4.78 is 6.23. The number of hydrogen-bond donors (Lipinski definition) is 3. The molecule has 4 nitrogen and oxygen atoms in total. The second-order valence-electron chi connectivity index (χ2n) is 5.29. The van der Waals surface area contributed by atoms with Crippen molar-refractivity contribution < 1.29 is 4.43 Å². The fourth-order valence-corrected chi connectivity index (χ4v) is 5.26. The van der Waals surface area contributed by atoms with E-state index < -0.39 is 8.80 Å². The van der Waals surface area contributed by atoms with Crippen LogP contribution >= 0.6 is 0 Å². The molecule has 18 heavy (non-hydrogen) atoms. The molecule has 0 radical (unpaired) electrons. The van der Waals surface area contributed by atoms with Gasteiger partial charge in [-0.3, -0.25) is 14.9 Å². The van der Waals surface area contributed by atoms with Gasteiger partial charge in [-0.2, -0.15) is 0 Å². The highest BCUT2D eigenvalue weighted by molar-refractivity contribution is 6.66. The van der Waals surface area contributed by atoms with Crippen molar-refractivity contribution in [3.8, 4) is 0 Å². The highest BCUT2D eigenvalue weighted by Gasteiger charge is 2.39. The molecule has 0 aromatic carbocycles. The first-order valence-corrected chi connectivity index (χ1v) is 9.28. The van der Waals surface area contributed by atoms with Crippen molar-refractivity contribution in [3.05, 3.63) is 0 Å². The van der Waals surface area contributed by atoms with Crippen LogP contribution in [0.5, 0.6) is 0 Å². The van der Waals surface area contributed by atoms with Crippen molar-refractivity contribution in [1.29, 1.82) is 0 Å². The third-order valence-corrected chi connectivity index (χ3v) is 6.44. The summed E-state index contributed by atoms with van der Waals surface area (Å²) in [5.74, 6) is 0. The van der Waals surface area contributed by atoms with E-state index in [9.17, 15) is 0 Å². The van der Waals surface area contributed by atoms with E-state index >= 15 is 0 Å². The minimum Gasteiger partial charge on any atom is -0.378 e. The average molecular weight is 276 g/mol. The van der Waals surface area contributed by atoms with Gasteiger partial charge in [-0.15, -0.1) is 0 Å². The first-order valence-electron chi connectivity index (χ1n) is 7.37. The Balaban J connectivity index is 4.87. The Hall–Kier alpha value is 0.0569.